The molecular weight excluding hydrogens is 385 g/mol. The van der Waals surface area contributed by atoms with E-state index >= 15 is 0 Å². The number of likely N-dealkylation sites (N-methyl/N-ethyl adjacent to an activating group) is 1. The lowest BCUT2D eigenvalue weighted by atomic mass is 10.1. The molecule has 8 heteroatoms. The van der Waals surface area contributed by atoms with Gasteiger partial charge in [0.2, 0.25) is 5.96 Å². The molecule has 0 saturated carbocycles. The molecule has 3 heterocycles. The summed E-state index contributed by atoms with van der Waals surface area (Å²) in [6, 6.07) is 13.2. The Balaban J connectivity index is 1.62. The molecule has 0 spiro atoms. The molecular formula is C22H20FN5O2. The van der Waals surface area contributed by atoms with Crippen LogP contribution in [0.2, 0.25) is 0 Å². The third kappa shape index (κ3) is 2.67. The van der Waals surface area contributed by atoms with Crippen LogP contribution in [0.1, 0.15) is 18.1 Å². The fourth-order valence-corrected chi connectivity index (χ4v) is 4.04. The van der Waals surface area contributed by atoms with Crippen LogP contribution in [0.3, 0.4) is 0 Å². The predicted molar refractivity (Wildman–Crippen MR) is 111 cm³/mol. The quantitative estimate of drug-likeness (QED) is 0.853. The molecule has 0 aliphatic carbocycles. The lowest BCUT2D eigenvalue weighted by molar-refractivity contribution is -0.126. The maximum Gasteiger partial charge on any atom is 0.325 e. The van der Waals surface area contributed by atoms with Gasteiger partial charge in [0.25, 0.3) is 5.91 Å². The number of nitrogens with zero attached hydrogens (tertiary/aromatic N) is 4. The van der Waals surface area contributed by atoms with Crippen molar-refractivity contribution in [2.24, 2.45) is 4.99 Å². The summed E-state index contributed by atoms with van der Waals surface area (Å²) in [5.41, 5.74) is 3.65. The van der Waals surface area contributed by atoms with E-state index in [1.807, 2.05) is 35.4 Å². The van der Waals surface area contributed by atoms with Crippen molar-refractivity contribution < 1.29 is 14.0 Å². The first-order valence-electron chi connectivity index (χ1n) is 9.78. The molecule has 30 heavy (non-hydrogen) atoms. The second-order valence-corrected chi connectivity index (χ2v) is 7.48. The average molecular weight is 405 g/mol. The van der Waals surface area contributed by atoms with E-state index in [1.165, 1.54) is 22.6 Å². The number of benzene rings is 2. The maximum atomic E-state index is 13.5. The van der Waals surface area contributed by atoms with Gasteiger partial charge < -0.3 is 4.90 Å². The number of amides is 3. The number of carbonyl (C=O) groups is 2. The molecule has 1 saturated heterocycles. The fraction of sp³-hybridized carbons (Fsp3) is 0.227. The van der Waals surface area contributed by atoms with Crippen molar-refractivity contribution in [1.82, 2.24) is 15.1 Å². The number of carbonyl (C=O) groups excluding carboxylic acids is 2. The van der Waals surface area contributed by atoms with E-state index in [-0.39, 0.29) is 11.7 Å². The van der Waals surface area contributed by atoms with Crippen LogP contribution in [0.15, 0.2) is 59.7 Å². The van der Waals surface area contributed by atoms with E-state index in [9.17, 15) is 14.0 Å². The lowest BCUT2D eigenvalue weighted by Gasteiger charge is -2.34. The summed E-state index contributed by atoms with van der Waals surface area (Å²) in [7, 11) is 1.62. The van der Waals surface area contributed by atoms with Crippen molar-refractivity contribution in [1.29, 1.82) is 0 Å². The Bertz CT molecular complexity index is 1090. The van der Waals surface area contributed by atoms with Crippen molar-refractivity contribution in [3.05, 3.63) is 71.7 Å². The maximum absolute atomic E-state index is 13.5. The standard InChI is InChI=1S/C22H20FN5O2/c1-3-13-4-10-16(11-5-13)28-17(14-6-8-15(23)9-7-14)12-27-18-19(24-21(27)28)26(2)22(30)25-20(18)29/h4-12,18-19H,3H2,1-2H3,(H,25,29,30). The zero-order valence-corrected chi connectivity index (χ0v) is 16.5. The van der Waals surface area contributed by atoms with Gasteiger partial charge in [0.1, 0.15) is 5.82 Å². The number of aryl methyl sites for hydroxylation is 1. The number of halogens is 1. The molecule has 0 bridgehead atoms. The Kier molecular flexibility index (Phi) is 4.09. The number of rotatable bonds is 3. The van der Waals surface area contributed by atoms with Gasteiger partial charge in [-0.15, -0.1) is 0 Å². The van der Waals surface area contributed by atoms with Gasteiger partial charge in [-0.2, -0.15) is 0 Å². The van der Waals surface area contributed by atoms with E-state index in [0.717, 1.165) is 23.4 Å². The Labute approximate surface area is 173 Å². The number of hydrogen-bond acceptors (Lipinski definition) is 5. The van der Waals surface area contributed by atoms with Gasteiger partial charge >= 0.3 is 6.03 Å². The van der Waals surface area contributed by atoms with Crippen molar-refractivity contribution in [2.75, 3.05) is 11.9 Å². The minimum absolute atomic E-state index is 0.319. The van der Waals surface area contributed by atoms with Crippen LogP contribution in [0.25, 0.3) is 5.70 Å². The molecule has 5 rings (SSSR count). The largest absolute Gasteiger partial charge is 0.325 e. The summed E-state index contributed by atoms with van der Waals surface area (Å²) < 4.78 is 13.5. The van der Waals surface area contributed by atoms with Crippen molar-refractivity contribution in [3.8, 4) is 0 Å². The minimum atomic E-state index is -0.655. The first-order valence-corrected chi connectivity index (χ1v) is 9.78. The van der Waals surface area contributed by atoms with E-state index in [4.69, 9.17) is 4.99 Å². The molecule has 3 amide bonds. The van der Waals surface area contributed by atoms with Crippen LogP contribution in [-0.4, -0.2) is 47.0 Å². The van der Waals surface area contributed by atoms with Crippen molar-refractivity contribution in [3.63, 3.8) is 0 Å². The van der Waals surface area contributed by atoms with E-state index < -0.39 is 18.2 Å². The Morgan fingerprint density at radius 1 is 1.07 bits per heavy atom. The van der Waals surface area contributed by atoms with E-state index in [0.29, 0.717) is 5.96 Å². The predicted octanol–water partition coefficient (Wildman–Crippen LogP) is 2.75. The molecule has 152 valence electrons. The number of imide groups is 1. The van der Waals surface area contributed by atoms with Crippen LogP contribution in [-0.2, 0) is 11.2 Å². The van der Waals surface area contributed by atoms with E-state index in [2.05, 4.69) is 12.2 Å². The molecule has 3 aliphatic rings. The lowest BCUT2D eigenvalue weighted by Crippen LogP contribution is -2.62. The molecule has 2 aromatic rings. The highest BCUT2D eigenvalue weighted by molar-refractivity contribution is 6.16. The second kappa shape index (κ2) is 6.69. The first-order chi connectivity index (χ1) is 14.5. The topological polar surface area (TPSA) is 68.2 Å². The fourth-order valence-electron chi connectivity index (χ4n) is 4.04. The third-order valence-corrected chi connectivity index (χ3v) is 5.72. The van der Waals surface area contributed by atoms with Crippen LogP contribution in [0.4, 0.5) is 14.9 Å². The number of anilines is 1. The van der Waals surface area contributed by atoms with Crippen LogP contribution in [0.5, 0.6) is 0 Å². The molecule has 2 aromatic carbocycles. The van der Waals surface area contributed by atoms with Crippen molar-refractivity contribution in [2.45, 2.75) is 25.6 Å². The number of aliphatic imine (C=N–C) groups is 1. The first kappa shape index (κ1) is 18.4. The van der Waals surface area contributed by atoms with Gasteiger partial charge in [-0.05, 0) is 48.4 Å². The normalized spacial score (nSPS) is 22.6. The summed E-state index contributed by atoms with van der Waals surface area (Å²) in [6.45, 7) is 2.09. The summed E-state index contributed by atoms with van der Waals surface area (Å²) in [5, 5.41) is 2.38. The Morgan fingerprint density at radius 2 is 1.77 bits per heavy atom. The average Bonchev–Trinajstić information content (AvgIpc) is 3.29. The number of fused-ring (bicyclic) bond motifs is 3. The van der Waals surface area contributed by atoms with Crippen molar-refractivity contribution >= 4 is 29.3 Å². The summed E-state index contributed by atoms with van der Waals surface area (Å²) in [6.07, 6.45) is 2.16. The Morgan fingerprint density at radius 3 is 2.43 bits per heavy atom. The van der Waals surface area contributed by atoms with Gasteiger partial charge in [-0.1, -0.05) is 19.1 Å². The molecule has 3 aliphatic heterocycles. The number of guanidine groups is 1. The molecule has 0 aromatic heterocycles. The summed E-state index contributed by atoms with van der Waals surface area (Å²) in [5.74, 6) is -0.147. The van der Waals surface area contributed by atoms with Crippen LogP contribution in [0, 0.1) is 5.82 Å². The van der Waals surface area contributed by atoms with Gasteiger partial charge in [0, 0.05) is 24.5 Å². The number of urea groups is 1. The second-order valence-electron chi connectivity index (χ2n) is 7.48. The third-order valence-electron chi connectivity index (χ3n) is 5.72. The molecule has 0 radical (unpaired) electrons. The van der Waals surface area contributed by atoms with Gasteiger partial charge in [-0.25, -0.2) is 14.2 Å². The monoisotopic (exact) mass is 405 g/mol. The zero-order valence-electron chi connectivity index (χ0n) is 16.5. The minimum Gasteiger partial charge on any atom is -0.303 e. The molecule has 1 fully saturated rings. The summed E-state index contributed by atoms with van der Waals surface area (Å²) in [4.78, 5) is 34.6. The van der Waals surface area contributed by atoms with Crippen LogP contribution >= 0.6 is 0 Å². The Hall–Kier alpha value is -3.68. The zero-order chi connectivity index (χ0) is 21.0. The highest BCUT2D eigenvalue weighted by atomic mass is 19.1. The van der Waals surface area contributed by atoms with Gasteiger partial charge in [0.15, 0.2) is 12.2 Å². The number of nitrogens with one attached hydrogen (secondary N) is 1. The molecule has 1 N–H and O–H groups in total. The number of hydrogen-bond donors (Lipinski definition) is 1. The van der Waals surface area contributed by atoms with Crippen LogP contribution < -0.4 is 10.2 Å². The van der Waals surface area contributed by atoms with Gasteiger partial charge in [-0.3, -0.25) is 19.9 Å². The van der Waals surface area contributed by atoms with E-state index in [1.54, 1.807) is 24.1 Å². The SMILES string of the molecule is CCc1ccc(N2C(c3ccc(F)cc3)=CN3C2=NC2C3C(=O)NC(=O)N2C)cc1. The molecule has 2 atom stereocenters. The molecule has 7 nitrogen and oxygen atoms in total. The van der Waals surface area contributed by atoms with Gasteiger partial charge in [0.05, 0.1) is 5.70 Å². The summed E-state index contributed by atoms with van der Waals surface area (Å²) >= 11 is 0. The smallest absolute Gasteiger partial charge is 0.303 e. The highest BCUT2D eigenvalue weighted by Gasteiger charge is 2.52. The highest BCUT2D eigenvalue weighted by Crippen LogP contribution is 2.39. The molecule has 2 unspecified atom stereocenters.